The van der Waals surface area contributed by atoms with E-state index in [0.29, 0.717) is 38.7 Å². The summed E-state index contributed by atoms with van der Waals surface area (Å²) in [5.74, 6) is -0.564. The van der Waals surface area contributed by atoms with E-state index in [0.717, 1.165) is 10.9 Å². The predicted octanol–water partition coefficient (Wildman–Crippen LogP) is 5.94. The van der Waals surface area contributed by atoms with Gasteiger partial charge in [0.2, 0.25) is 5.75 Å². The van der Waals surface area contributed by atoms with Gasteiger partial charge in [-0.3, -0.25) is 14.9 Å². The highest BCUT2D eigenvalue weighted by atomic mass is 79.9. The molecule has 0 unspecified atom stereocenters. The van der Waals surface area contributed by atoms with Crippen LogP contribution in [0, 0.1) is 10.1 Å². The summed E-state index contributed by atoms with van der Waals surface area (Å²) in [5.41, 5.74) is 1.04. The third-order valence-corrected chi connectivity index (χ3v) is 6.58. The number of fused-ring (bicyclic) bond motifs is 1. The van der Waals surface area contributed by atoms with Crippen LogP contribution in [0.4, 0.5) is 5.69 Å². The first-order valence-electron chi connectivity index (χ1n) is 11.4. The van der Waals surface area contributed by atoms with Gasteiger partial charge in [0.05, 0.1) is 32.1 Å². The first-order valence-corrected chi connectivity index (χ1v) is 12.9. The molecular weight excluding hydrogens is 624 g/mol. The monoisotopic (exact) mass is 642 g/mol. The molecule has 38 heavy (non-hydrogen) atoms. The van der Waals surface area contributed by atoms with Crippen LogP contribution < -0.4 is 10.3 Å². The van der Waals surface area contributed by atoms with Crippen molar-refractivity contribution in [2.75, 3.05) is 0 Å². The molecule has 0 aliphatic carbocycles. The number of nitrogens with zero attached hydrogens (tertiary/aromatic N) is 4. The van der Waals surface area contributed by atoms with Crippen molar-refractivity contribution in [2.24, 2.45) is 5.10 Å². The van der Waals surface area contributed by atoms with Crippen LogP contribution in [0.5, 0.6) is 5.75 Å². The molecule has 0 bridgehead atoms. The van der Waals surface area contributed by atoms with Crippen molar-refractivity contribution >= 4 is 60.6 Å². The number of hydrogen-bond acceptors (Lipinski definition) is 7. The van der Waals surface area contributed by atoms with E-state index in [9.17, 15) is 19.7 Å². The van der Waals surface area contributed by atoms with Crippen LogP contribution in [0.25, 0.3) is 10.9 Å². The molecule has 0 aliphatic heterocycles. The predicted molar refractivity (Wildman–Crippen MR) is 149 cm³/mol. The number of nitro groups is 1. The van der Waals surface area contributed by atoms with Crippen LogP contribution in [-0.4, -0.2) is 31.9 Å². The minimum absolute atomic E-state index is 0.00974. The van der Waals surface area contributed by atoms with E-state index in [1.54, 1.807) is 30.3 Å². The van der Waals surface area contributed by atoms with Gasteiger partial charge in [-0.1, -0.05) is 35.0 Å². The Morgan fingerprint density at radius 2 is 1.92 bits per heavy atom. The van der Waals surface area contributed by atoms with Gasteiger partial charge in [-0.2, -0.15) is 9.78 Å². The molecule has 0 aliphatic rings. The first-order chi connectivity index (χ1) is 18.2. The van der Waals surface area contributed by atoms with E-state index in [1.807, 2.05) is 13.0 Å². The lowest BCUT2D eigenvalue weighted by atomic mass is 10.1. The molecule has 0 atom stereocenters. The Morgan fingerprint density at radius 1 is 1.18 bits per heavy atom. The van der Waals surface area contributed by atoms with Gasteiger partial charge in [-0.05, 0) is 64.3 Å². The van der Waals surface area contributed by atoms with Gasteiger partial charge in [0.1, 0.15) is 12.4 Å². The molecule has 0 saturated heterocycles. The number of hydrogen-bond donors (Lipinski definition) is 1. The Labute approximate surface area is 233 Å². The van der Waals surface area contributed by atoms with Crippen LogP contribution in [0.3, 0.4) is 0 Å². The molecule has 10 nitrogen and oxygen atoms in total. The highest BCUT2D eigenvalue weighted by Crippen LogP contribution is 2.36. The Bertz CT molecular complexity index is 1630. The standard InChI is InChI=1S/C26H20Br2N4O6/c1-2-3-23-30-21-9-8-18(27)12-19(21)25(33)31(23)29-13-16-10-20(28)24(22(11-16)32(36)37)38-14-15-4-6-17(7-5-15)26(34)35/h4-13H,2-3,14H2,1H3,(H,34,35). The minimum atomic E-state index is -1.05. The summed E-state index contributed by atoms with van der Waals surface area (Å²) in [4.78, 5) is 40.1. The zero-order valence-corrected chi connectivity index (χ0v) is 23.1. The molecular formula is C26H20Br2N4O6. The van der Waals surface area contributed by atoms with E-state index in [-0.39, 0.29) is 29.2 Å². The second-order valence-electron chi connectivity index (χ2n) is 8.20. The number of carboxylic acid groups (broad SMARTS) is 1. The number of nitro benzene ring substituents is 1. The van der Waals surface area contributed by atoms with Crippen LogP contribution in [0.2, 0.25) is 0 Å². The third kappa shape index (κ3) is 5.97. The molecule has 4 rings (SSSR count). The van der Waals surface area contributed by atoms with Gasteiger partial charge in [0.25, 0.3) is 5.56 Å². The number of halogens is 2. The van der Waals surface area contributed by atoms with E-state index in [4.69, 9.17) is 9.84 Å². The number of ether oxygens (including phenoxy) is 1. The maximum atomic E-state index is 13.2. The molecule has 194 valence electrons. The van der Waals surface area contributed by atoms with Crippen LogP contribution in [0.1, 0.15) is 40.7 Å². The molecule has 12 heteroatoms. The van der Waals surface area contributed by atoms with E-state index in [1.165, 1.54) is 29.1 Å². The molecule has 4 aromatic rings. The second kappa shape index (κ2) is 11.7. The molecule has 0 spiro atoms. The highest BCUT2D eigenvalue weighted by molar-refractivity contribution is 9.10. The fourth-order valence-electron chi connectivity index (χ4n) is 3.68. The van der Waals surface area contributed by atoms with Gasteiger partial charge in [-0.15, -0.1) is 0 Å². The summed E-state index contributed by atoms with van der Waals surface area (Å²) < 4.78 is 7.97. The van der Waals surface area contributed by atoms with Crippen molar-refractivity contribution in [3.63, 3.8) is 0 Å². The van der Waals surface area contributed by atoms with Crippen molar-refractivity contribution in [3.05, 3.63) is 107 Å². The average molecular weight is 644 g/mol. The summed E-state index contributed by atoms with van der Waals surface area (Å²) >= 11 is 6.71. The third-order valence-electron chi connectivity index (χ3n) is 5.50. The Balaban J connectivity index is 1.67. The van der Waals surface area contributed by atoms with Crippen LogP contribution in [0.15, 0.2) is 73.4 Å². The lowest BCUT2D eigenvalue weighted by Gasteiger charge is -2.11. The lowest BCUT2D eigenvalue weighted by molar-refractivity contribution is -0.386. The summed E-state index contributed by atoms with van der Waals surface area (Å²) in [5, 5.41) is 25.6. The van der Waals surface area contributed by atoms with Gasteiger partial charge < -0.3 is 9.84 Å². The highest BCUT2D eigenvalue weighted by Gasteiger charge is 2.20. The SMILES string of the molecule is CCCc1nc2ccc(Br)cc2c(=O)n1N=Cc1cc(Br)c(OCc2ccc(C(=O)O)cc2)c([N+](=O)[O-])c1. The fourth-order valence-corrected chi connectivity index (χ4v) is 4.62. The Morgan fingerprint density at radius 3 is 2.58 bits per heavy atom. The van der Waals surface area contributed by atoms with Gasteiger partial charge >= 0.3 is 11.7 Å². The molecule has 1 N–H and O–H groups in total. The Kier molecular flexibility index (Phi) is 8.32. The van der Waals surface area contributed by atoms with Crippen LogP contribution >= 0.6 is 31.9 Å². The average Bonchev–Trinajstić information content (AvgIpc) is 2.88. The largest absolute Gasteiger partial charge is 0.481 e. The van der Waals surface area contributed by atoms with Crippen molar-refractivity contribution in [1.82, 2.24) is 9.66 Å². The van der Waals surface area contributed by atoms with Crippen molar-refractivity contribution in [2.45, 2.75) is 26.4 Å². The normalized spacial score (nSPS) is 11.2. The van der Waals surface area contributed by atoms with E-state index in [2.05, 4.69) is 41.9 Å². The molecule has 0 fully saturated rings. The topological polar surface area (TPSA) is 137 Å². The molecule has 0 radical (unpaired) electrons. The zero-order chi connectivity index (χ0) is 27.4. The van der Waals surface area contributed by atoms with Crippen molar-refractivity contribution < 1.29 is 19.6 Å². The molecule has 0 saturated carbocycles. The number of rotatable bonds is 9. The number of benzene rings is 3. The number of aromatic carboxylic acids is 1. The summed E-state index contributed by atoms with van der Waals surface area (Å²) in [6.45, 7) is 1.95. The van der Waals surface area contributed by atoms with Crippen molar-refractivity contribution in [1.29, 1.82) is 0 Å². The summed E-state index contributed by atoms with van der Waals surface area (Å²) in [6.07, 6.45) is 2.62. The maximum absolute atomic E-state index is 13.2. The molecule has 3 aromatic carbocycles. The molecule has 1 heterocycles. The number of aryl methyl sites for hydroxylation is 1. The van der Waals surface area contributed by atoms with Gasteiger partial charge in [0, 0.05) is 22.5 Å². The number of aromatic nitrogens is 2. The smallest absolute Gasteiger partial charge is 0.335 e. The fraction of sp³-hybridized carbons (Fsp3) is 0.154. The van der Waals surface area contributed by atoms with E-state index < -0.39 is 10.9 Å². The lowest BCUT2D eigenvalue weighted by Crippen LogP contribution is -2.22. The number of carboxylic acids is 1. The minimum Gasteiger partial charge on any atom is -0.481 e. The summed E-state index contributed by atoms with van der Waals surface area (Å²) in [6, 6.07) is 14.1. The van der Waals surface area contributed by atoms with Gasteiger partial charge in [-0.25, -0.2) is 9.78 Å². The second-order valence-corrected chi connectivity index (χ2v) is 9.97. The molecule has 1 aromatic heterocycles. The first kappa shape index (κ1) is 27.1. The Hall–Kier alpha value is -3.90. The van der Waals surface area contributed by atoms with Crippen LogP contribution in [-0.2, 0) is 13.0 Å². The zero-order valence-electron chi connectivity index (χ0n) is 19.9. The van der Waals surface area contributed by atoms with E-state index >= 15 is 0 Å². The quantitative estimate of drug-likeness (QED) is 0.135. The maximum Gasteiger partial charge on any atom is 0.335 e. The van der Waals surface area contributed by atoms with Crippen molar-refractivity contribution in [3.8, 4) is 5.75 Å². The van der Waals surface area contributed by atoms with Gasteiger partial charge in [0.15, 0.2) is 0 Å². The summed E-state index contributed by atoms with van der Waals surface area (Å²) in [7, 11) is 0. The molecule has 0 amide bonds. The number of carbonyl (C=O) groups is 1.